The van der Waals surface area contributed by atoms with Gasteiger partial charge in [0.25, 0.3) is 0 Å². The lowest BCUT2D eigenvalue weighted by Gasteiger charge is -2.29. The Balaban J connectivity index is 2.35. The molecule has 1 heterocycles. The minimum Gasteiger partial charge on any atom is -0.497 e. The molecule has 1 unspecified atom stereocenters. The molecule has 5 heteroatoms. The summed E-state index contributed by atoms with van der Waals surface area (Å²) in [7, 11) is 5.01. The fourth-order valence-corrected chi connectivity index (χ4v) is 3.95. The van der Waals surface area contributed by atoms with Crippen LogP contribution in [0.1, 0.15) is 17.5 Å². The molecular formula is C20H20BrNO3. The number of carbonyl (C=O) groups is 1. The first-order chi connectivity index (χ1) is 12.0. The van der Waals surface area contributed by atoms with Crippen molar-refractivity contribution in [3.63, 3.8) is 0 Å². The third-order valence-corrected chi connectivity index (χ3v) is 5.26. The Morgan fingerprint density at radius 1 is 1.16 bits per heavy atom. The number of ether oxygens (including phenoxy) is 2. The summed E-state index contributed by atoms with van der Waals surface area (Å²) in [6.45, 7) is 3.89. The van der Waals surface area contributed by atoms with Crippen LogP contribution < -0.4 is 14.4 Å². The smallest absolute Gasteiger partial charge is 0.242 e. The molecule has 0 spiro atoms. The maximum Gasteiger partial charge on any atom is 0.242 e. The van der Waals surface area contributed by atoms with Gasteiger partial charge in [-0.05, 0) is 36.2 Å². The van der Waals surface area contributed by atoms with Gasteiger partial charge in [0.1, 0.15) is 16.9 Å². The SMILES string of the molecule is C=CCC1(c2ccc(OC)cc2OC)C(=O)N(C)c2ccc(Br)cc21. The molecule has 2 aromatic rings. The summed E-state index contributed by atoms with van der Waals surface area (Å²) < 4.78 is 11.8. The van der Waals surface area contributed by atoms with Gasteiger partial charge in [-0.2, -0.15) is 0 Å². The summed E-state index contributed by atoms with van der Waals surface area (Å²) in [4.78, 5) is 15.1. The number of nitrogens with zero attached hydrogens (tertiary/aromatic N) is 1. The summed E-state index contributed by atoms with van der Waals surface area (Å²) in [6, 6.07) is 11.5. The third kappa shape index (κ3) is 2.54. The number of rotatable bonds is 5. The quantitative estimate of drug-likeness (QED) is 0.700. The van der Waals surface area contributed by atoms with Crippen molar-refractivity contribution in [2.45, 2.75) is 11.8 Å². The Kier molecular flexibility index (Phi) is 4.60. The van der Waals surface area contributed by atoms with E-state index in [2.05, 4.69) is 22.5 Å². The largest absolute Gasteiger partial charge is 0.497 e. The van der Waals surface area contributed by atoms with Gasteiger partial charge in [0.2, 0.25) is 5.91 Å². The molecule has 1 amide bonds. The molecule has 0 N–H and O–H groups in total. The van der Waals surface area contributed by atoms with Crippen molar-refractivity contribution in [3.05, 3.63) is 64.7 Å². The van der Waals surface area contributed by atoms with E-state index in [1.54, 1.807) is 32.2 Å². The van der Waals surface area contributed by atoms with Crippen molar-refractivity contribution in [3.8, 4) is 11.5 Å². The predicted molar refractivity (Wildman–Crippen MR) is 103 cm³/mol. The van der Waals surface area contributed by atoms with Gasteiger partial charge in [-0.15, -0.1) is 6.58 Å². The first-order valence-electron chi connectivity index (χ1n) is 7.91. The van der Waals surface area contributed by atoms with Gasteiger partial charge in [0, 0.05) is 28.8 Å². The van der Waals surface area contributed by atoms with Crippen molar-refractivity contribution >= 4 is 27.5 Å². The number of benzene rings is 2. The first kappa shape index (κ1) is 17.5. The fourth-order valence-electron chi connectivity index (χ4n) is 3.59. The van der Waals surface area contributed by atoms with Gasteiger partial charge in [0.05, 0.1) is 14.2 Å². The third-order valence-electron chi connectivity index (χ3n) is 4.77. The Bertz CT molecular complexity index is 849. The maximum absolute atomic E-state index is 13.4. The van der Waals surface area contributed by atoms with Crippen LogP contribution in [-0.2, 0) is 10.2 Å². The molecule has 0 saturated carbocycles. The average molecular weight is 402 g/mol. The van der Waals surface area contributed by atoms with Crippen LogP contribution in [0.3, 0.4) is 0 Å². The Morgan fingerprint density at radius 2 is 1.92 bits per heavy atom. The molecule has 1 aliphatic rings. The minimum atomic E-state index is -0.868. The molecule has 0 aliphatic carbocycles. The zero-order valence-corrected chi connectivity index (χ0v) is 16.1. The lowest BCUT2D eigenvalue weighted by atomic mass is 9.72. The molecule has 0 radical (unpaired) electrons. The lowest BCUT2D eigenvalue weighted by molar-refractivity contribution is -0.121. The maximum atomic E-state index is 13.4. The lowest BCUT2D eigenvalue weighted by Crippen LogP contribution is -2.39. The second-order valence-corrected chi connectivity index (χ2v) is 6.91. The van der Waals surface area contributed by atoms with E-state index in [-0.39, 0.29) is 5.91 Å². The van der Waals surface area contributed by atoms with Crippen LogP contribution in [0.2, 0.25) is 0 Å². The molecule has 0 aromatic heterocycles. The highest BCUT2D eigenvalue weighted by Gasteiger charge is 2.51. The number of methoxy groups -OCH3 is 2. The number of fused-ring (bicyclic) bond motifs is 1. The Labute approximate surface area is 156 Å². The summed E-state index contributed by atoms with van der Waals surface area (Å²) in [6.07, 6.45) is 2.26. The van der Waals surface area contributed by atoms with E-state index in [9.17, 15) is 4.79 Å². The van der Waals surface area contributed by atoms with Gasteiger partial charge >= 0.3 is 0 Å². The average Bonchev–Trinajstić information content (AvgIpc) is 2.83. The number of hydrogen-bond donors (Lipinski definition) is 0. The number of anilines is 1. The number of hydrogen-bond acceptors (Lipinski definition) is 3. The van der Waals surface area contributed by atoms with E-state index in [0.29, 0.717) is 17.9 Å². The van der Waals surface area contributed by atoms with Crippen molar-refractivity contribution in [1.29, 1.82) is 0 Å². The van der Waals surface area contributed by atoms with E-state index >= 15 is 0 Å². The van der Waals surface area contributed by atoms with Crippen molar-refractivity contribution < 1.29 is 14.3 Å². The van der Waals surface area contributed by atoms with Crippen molar-refractivity contribution in [2.24, 2.45) is 0 Å². The molecule has 4 nitrogen and oxygen atoms in total. The van der Waals surface area contributed by atoms with E-state index < -0.39 is 5.41 Å². The summed E-state index contributed by atoms with van der Waals surface area (Å²) >= 11 is 3.53. The van der Waals surface area contributed by atoms with Gasteiger partial charge in [-0.25, -0.2) is 0 Å². The molecule has 1 aliphatic heterocycles. The van der Waals surface area contributed by atoms with Crippen LogP contribution in [0.25, 0.3) is 0 Å². The monoisotopic (exact) mass is 401 g/mol. The molecule has 0 fully saturated rings. The second kappa shape index (κ2) is 6.56. The zero-order valence-electron chi connectivity index (χ0n) is 14.5. The van der Waals surface area contributed by atoms with Gasteiger partial charge < -0.3 is 14.4 Å². The highest BCUT2D eigenvalue weighted by molar-refractivity contribution is 9.10. The van der Waals surface area contributed by atoms with Crippen LogP contribution in [0.15, 0.2) is 53.5 Å². The van der Waals surface area contributed by atoms with Crippen LogP contribution >= 0.6 is 15.9 Å². The van der Waals surface area contributed by atoms with E-state index in [4.69, 9.17) is 9.47 Å². The van der Waals surface area contributed by atoms with Crippen LogP contribution in [0.4, 0.5) is 5.69 Å². The topological polar surface area (TPSA) is 38.8 Å². The molecule has 0 saturated heterocycles. The first-order valence-corrected chi connectivity index (χ1v) is 8.70. The second-order valence-electron chi connectivity index (χ2n) is 5.99. The van der Waals surface area contributed by atoms with Gasteiger partial charge in [-0.1, -0.05) is 28.1 Å². The number of carbonyl (C=O) groups excluding carboxylic acids is 1. The standard InChI is InChI=1S/C20H20BrNO3/c1-5-10-20(15-8-7-14(24-3)12-18(15)25-4)16-11-13(21)6-9-17(16)22(2)19(20)23/h5-9,11-12H,1,10H2,2-4H3. The van der Waals surface area contributed by atoms with Crippen LogP contribution in [-0.4, -0.2) is 27.2 Å². The zero-order chi connectivity index (χ0) is 18.2. The number of amides is 1. The highest BCUT2D eigenvalue weighted by atomic mass is 79.9. The molecule has 2 aromatic carbocycles. The summed E-state index contributed by atoms with van der Waals surface area (Å²) in [5.74, 6) is 1.31. The molecule has 1 atom stereocenters. The van der Waals surface area contributed by atoms with Gasteiger partial charge in [-0.3, -0.25) is 4.79 Å². The van der Waals surface area contributed by atoms with E-state index in [1.165, 1.54) is 0 Å². The molecule has 3 rings (SSSR count). The number of halogens is 1. The summed E-state index contributed by atoms with van der Waals surface area (Å²) in [5, 5.41) is 0. The van der Waals surface area contributed by atoms with Crippen molar-refractivity contribution in [2.75, 3.05) is 26.2 Å². The number of likely N-dealkylation sites (N-methyl/N-ethyl adjacent to an activating group) is 1. The Hall–Kier alpha value is -2.27. The van der Waals surface area contributed by atoms with E-state index in [1.807, 2.05) is 36.4 Å². The Morgan fingerprint density at radius 3 is 2.56 bits per heavy atom. The van der Waals surface area contributed by atoms with Gasteiger partial charge in [0.15, 0.2) is 0 Å². The molecule has 130 valence electrons. The highest BCUT2D eigenvalue weighted by Crippen LogP contribution is 2.51. The molecular weight excluding hydrogens is 382 g/mol. The molecule has 0 bridgehead atoms. The van der Waals surface area contributed by atoms with Crippen molar-refractivity contribution in [1.82, 2.24) is 0 Å². The van der Waals surface area contributed by atoms with Crippen LogP contribution in [0.5, 0.6) is 11.5 Å². The fraction of sp³-hybridized carbons (Fsp3) is 0.250. The minimum absolute atomic E-state index is 0.00367. The predicted octanol–water partition coefficient (Wildman–Crippen LogP) is 4.30. The normalized spacial score (nSPS) is 18.9. The number of allylic oxidation sites excluding steroid dienone is 1. The van der Waals surface area contributed by atoms with Crippen LogP contribution in [0, 0.1) is 0 Å². The summed E-state index contributed by atoms with van der Waals surface area (Å²) in [5.41, 5.74) is 1.78. The molecule has 25 heavy (non-hydrogen) atoms. The van der Waals surface area contributed by atoms with E-state index in [0.717, 1.165) is 21.3 Å².